The van der Waals surface area contributed by atoms with Crippen LogP contribution in [0.2, 0.25) is 0 Å². The van der Waals surface area contributed by atoms with Gasteiger partial charge in [0.1, 0.15) is 0 Å². The molecule has 5 nitrogen and oxygen atoms in total. The zero-order chi connectivity index (χ0) is 21.5. The molecule has 2 unspecified atom stereocenters. The van der Waals surface area contributed by atoms with Crippen LogP contribution in [0.15, 0.2) is 29.2 Å². The Hall–Kier alpha value is -0.380. The molecule has 7 heteroatoms. The van der Waals surface area contributed by atoms with Crippen LogP contribution in [0.1, 0.15) is 39.5 Å². The molecule has 0 radical (unpaired) electrons. The van der Waals surface area contributed by atoms with Gasteiger partial charge in [-0.1, -0.05) is 0 Å². The van der Waals surface area contributed by atoms with E-state index in [0.717, 1.165) is 36.8 Å². The molecule has 0 aliphatic carbocycles. The van der Waals surface area contributed by atoms with Gasteiger partial charge in [-0.25, -0.2) is 8.42 Å². The number of alkyl halides is 2. The fraction of sp³-hybridized carbons (Fsp3) is 0.739. The third-order valence-corrected chi connectivity index (χ3v) is 13.0. The third-order valence-electron chi connectivity index (χ3n) is 7.28. The van der Waals surface area contributed by atoms with E-state index in [1.807, 2.05) is 12.1 Å². The van der Waals surface area contributed by atoms with E-state index in [1.165, 1.54) is 45.3 Å². The number of benzene rings is 1. The van der Waals surface area contributed by atoms with Crippen molar-refractivity contribution < 1.29 is 8.42 Å². The van der Waals surface area contributed by atoms with Crippen LogP contribution >= 0.6 is 20.1 Å². The zero-order valence-corrected chi connectivity index (χ0v) is 21.9. The van der Waals surface area contributed by atoms with Gasteiger partial charge in [0.2, 0.25) is 0 Å². The summed E-state index contributed by atoms with van der Waals surface area (Å²) in [6, 6.07) is 9.16. The van der Waals surface area contributed by atoms with E-state index < -0.39 is 29.9 Å². The number of anilines is 1. The Kier molecular flexibility index (Phi) is 7.02. The summed E-state index contributed by atoms with van der Waals surface area (Å²) in [4.78, 5) is 10.7. The number of piperazine rings is 1. The number of fused-ring (bicyclic) bond motifs is 2. The minimum atomic E-state index is -3.22. The van der Waals surface area contributed by atoms with Crippen molar-refractivity contribution in [3.8, 4) is 0 Å². The van der Waals surface area contributed by atoms with Crippen LogP contribution in [-0.2, 0) is 9.84 Å². The minimum absolute atomic E-state index is 0.381. The quantitative estimate of drug-likeness (QED) is 0.307. The average Bonchev–Trinajstić information content (AvgIpc) is 2.95. The molecule has 3 heterocycles. The van der Waals surface area contributed by atoms with Gasteiger partial charge in [-0.2, -0.15) is 0 Å². The van der Waals surface area contributed by atoms with E-state index in [4.69, 9.17) is 0 Å². The van der Waals surface area contributed by atoms with Gasteiger partial charge in [-0.3, -0.25) is 0 Å². The molecule has 0 amide bonds. The van der Waals surface area contributed by atoms with Crippen molar-refractivity contribution in [3.05, 3.63) is 24.3 Å². The molecule has 1 aromatic rings. The van der Waals surface area contributed by atoms with Crippen LogP contribution in [-0.4, -0.2) is 76.3 Å². The Labute approximate surface area is 190 Å². The molecule has 0 N–H and O–H groups in total. The molecule has 3 fully saturated rings. The summed E-state index contributed by atoms with van der Waals surface area (Å²) in [5, 5.41) is -0.381. The molecule has 0 spiro atoms. The first kappa shape index (κ1) is 22.8. The maximum atomic E-state index is 12.5. The fourth-order valence-corrected chi connectivity index (χ4v) is 8.90. The summed E-state index contributed by atoms with van der Waals surface area (Å²) >= 11 is -0.841. The van der Waals surface area contributed by atoms with E-state index in [0.29, 0.717) is 4.90 Å². The molecular weight excluding hydrogens is 509 g/mol. The van der Waals surface area contributed by atoms with Gasteiger partial charge in [0, 0.05) is 0 Å². The van der Waals surface area contributed by atoms with Gasteiger partial charge in [-0.05, 0) is 19.9 Å². The van der Waals surface area contributed by atoms with E-state index in [-0.39, 0.29) is 5.25 Å². The van der Waals surface area contributed by atoms with Gasteiger partial charge in [0.25, 0.3) is 0 Å². The summed E-state index contributed by atoms with van der Waals surface area (Å²) in [6.07, 6.45) is 5.20. The molecular formula is C23H38IN3O2S. The molecule has 0 saturated carbocycles. The van der Waals surface area contributed by atoms with Gasteiger partial charge < -0.3 is 0 Å². The number of sulfone groups is 1. The monoisotopic (exact) mass is 547 g/mol. The number of nitrogens with zero attached hydrogens (tertiary/aromatic N) is 3. The average molecular weight is 548 g/mol. The van der Waals surface area contributed by atoms with Crippen LogP contribution in [0.4, 0.5) is 5.69 Å². The molecule has 4 rings (SSSR count). The van der Waals surface area contributed by atoms with Crippen molar-refractivity contribution >= 4 is 35.6 Å². The predicted molar refractivity (Wildman–Crippen MR) is 135 cm³/mol. The Morgan fingerprint density at radius 2 is 1.67 bits per heavy atom. The molecule has 3 saturated heterocycles. The SMILES string of the molecule is CC(C)S(=O)(=O)c1cccc(N2CCC(CN3C4CCC3CN(I(C)C)C4)CC2)c1. The van der Waals surface area contributed by atoms with Crippen LogP contribution in [0.5, 0.6) is 0 Å². The first-order valence-electron chi connectivity index (χ1n) is 11.4. The van der Waals surface area contributed by atoms with E-state index in [2.05, 4.69) is 28.8 Å². The number of hydrogen-bond donors (Lipinski definition) is 0. The Morgan fingerprint density at radius 1 is 1.03 bits per heavy atom. The molecule has 3 aliphatic heterocycles. The van der Waals surface area contributed by atoms with Crippen LogP contribution < -0.4 is 4.90 Å². The molecule has 2 atom stereocenters. The molecule has 2 bridgehead atoms. The Morgan fingerprint density at radius 3 is 2.23 bits per heavy atom. The normalized spacial score (nSPS) is 27.1. The van der Waals surface area contributed by atoms with Crippen LogP contribution in [0, 0.1) is 5.92 Å². The Balaban J connectivity index is 1.34. The second kappa shape index (κ2) is 9.24. The summed E-state index contributed by atoms with van der Waals surface area (Å²) in [7, 11) is -3.22. The first-order chi connectivity index (χ1) is 14.3. The van der Waals surface area contributed by atoms with Crippen LogP contribution in [0.3, 0.4) is 0 Å². The maximum absolute atomic E-state index is 12.5. The molecule has 30 heavy (non-hydrogen) atoms. The second-order valence-corrected chi connectivity index (χ2v) is 17.6. The number of piperidine rings is 1. The van der Waals surface area contributed by atoms with Crippen molar-refractivity contribution in [2.45, 2.75) is 61.8 Å². The van der Waals surface area contributed by atoms with Crippen molar-refractivity contribution in [1.29, 1.82) is 0 Å². The van der Waals surface area contributed by atoms with Gasteiger partial charge >= 0.3 is 148 Å². The second-order valence-electron chi connectivity index (χ2n) is 9.65. The predicted octanol–water partition coefficient (Wildman–Crippen LogP) is 3.91. The van der Waals surface area contributed by atoms with E-state index in [1.54, 1.807) is 19.9 Å². The molecule has 0 aromatic heterocycles. The molecule has 170 valence electrons. The molecule has 1 aromatic carbocycles. The van der Waals surface area contributed by atoms with E-state index >= 15 is 0 Å². The number of rotatable bonds is 6. The van der Waals surface area contributed by atoms with Crippen molar-refractivity contribution in [2.75, 3.05) is 47.5 Å². The first-order valence-corrected chi connectivity index (χ1v) is 18.2. The summed E-state index contributed by atoms with van der Waals surface area (Å²) in [5.74, 6) is 0.774. The summed E-state index contributed by atoms with van der Waals surface area (Å²) in [5.41, 5.74) is 1.06. The van der Waals surface area contributed by atoms with Gasteiger partial charge in [0.05, 0.1) is 5.25 Å². The third kappa shape index (κ3) is 4.69. The standard InChI is InChI=1S/C23H38IN3O2S/c1-18(2)30(28,29)23-7-5-6-20(14-23)25-12-10-19(11-13-25)15-27-21-8-9-22(27)17-26(16-21)24(3)4/h5-7,14,18-19,21-22H,8-13,15-17H2,1-4H3. The van der Waals surface area contributed by atoms with Crippen molar-refractivity contribution in [3.63, 3.8) is 0 Å². The van der Waals surface area contributed by atoms with Gasteiger partial charge in [-0.15, -0.1) is 0 Å². The fourth-order valence-electron chi connectivity index (χ4n) is 5.31. The Bertz CT molecular complexity index is 823. The summed E-state index contributed by atoms with van der Waals surface area (Å²) in [6.45, 7) is 9.46. The molecule has 3 aliphatic rings. The number of hydrogen-bond acceptors (Lipinski definition) is 5. The van der Waals surface area contributed by atoms with Crippen molar-refractivity contribution in [1.82, 2.24) is 8.01 Å². The van der Waals surface area contributed by atoms with E-state index in [9.17, 15) is 8.42 Å². The summed E-state index contributed by atoms with van der Waals surface area (Å²) < 4.78 is 27.9. The topological polar surface area (TPSA) is 43.9 Å². The number of halogens is 1. The van der Waals surface area contributed by atoms with Crippen molar-refractivity contribution in [2.24, 2.45) is 5.92 Å². The van der Waals surface area contributed by atoms with Crippen LogP contribution in [0.25, 0.3) is 0 Å². The van der Waals surface area contributed by atoms with Gasteiger partial charge in [0.15, 0.2) is 9.84 Å². The zero-order valence-electron chi connectivity index (χ0n) is 18.9.